The minimum atomic E-state index is -0.440. The van der Waals surface area contributed by atoms with Crippen molar-refractivity contribution >= 4 is 35.0 Å². The van der Waals surface area contributed by atoms with Crippen molar-refractivity contribution in [2.75, 3.05) is 10.6 Å². The van der Waals surface area contributed by atoms with Gasteiger partial charge in [-0.05, 0) is 49.2 Å². The Hall–Kier alpha value is -2.27. The van der Waals surface area contributed by atoms with Crippen molar-refractivity contribution in [2.24, 2.45) is 5.92 Å². The summed E-state index contributed by atoms with van der Waals surface area (Å²) in [4.78, 5) is 25.9. The third kappa shape index (κ3) is 3.31. The van der Waals surface area contributed by atoms with Crippen LogP contribution < -0.4 is 10.6 Å². The molecule has 0 bridgehead atoms. The van der Waals surface area contributed by atoms with E-state index in [1.807, 2.05) is 56.3 Å². The van der Waals surface area contributed by atoms with Gasteiger partial charge >= 0.3 is 0 Å². The summed E-state index contributed by atoms with van der Waals surface area (Å²) in [5.74, 6) is -0.711. The van der Waals surface area contributed by atoms with E-state index in [-0.39, 0.29) is 11.8 Å². The molecule has 5 heteroatoms. The fourth-order valence-corrected chi connectivity index (χ4v) is 3.78. The zero-order chi connectivity index (χ0) is 17.3. The molecule has 0 aliphatic carbocycles. The fraction of sp³-hybridized carbons (Fsp3) is 0.263. The molecule has 3 rings (SSSR count). The molecule has 2 aromatic carbocycles. The predicted octanol–water partition coefficient (Wildman–Crippen LogP) is 3.99. The molecule has 0 aromatic heterocycles. The van der Waals surface area contributed by atoms with Crippen LogP contribution in [-0.2, 0) is 9.59 Å². The summed E-state index contributed by atoms with van der Waals surface area (Å²) in [6.45, 7) is 5.83. The number of amides is 2. The molecule has 0 spiro atoms. The number of aryl methyl sites for hydroxylation is 2. The lowest BCUT2D eigenvalue weighted by Crippen LogP contribution is -2.39. The highest BCUT2D eigenvalue weighted by Gasteiger charge is 2.35. The smallest absolute Gasteiger partial charge is 0.238 e. The van der Waals surface area contributed by atoms with Crippen LogP contribution in [0.5, 0.6) is 0 Å². The first kappa shape index (κ1) is 16.6. The average molecular weight is 340 g/mol. The second kappa shape index (κ2) is 6.69. The number of carbonyl (C=O) groups excluding carboxylic acids is 2. The summed E-state index contributed by atoms with van der Waals surface area (Å²) in [6.07, 6.45) is 0. The largest absolute Gasteiger partial charge is 0.326 e. The summed E-state index contributed by atoms with van der Waals surface area (Å²) in [5.41, 5.74) is 3.88. The monoisotopic (exact) mass is 340 g/mol. The van der Waals surface area contributed by atoms with Crippen LogP contribution in [0.25, 0.3) is 0 Å². The number of anilines is 2. The molecular formula is C19H20N2O2S. The topological polar surface area (TPSA) is 58.2 Å². The van der Waals surface area contributed by atoms with Gasteiger partial charge in [-0.15, -0.1) is 11.8 Å². The molecule has 1 aliphatic heterocycles. The Morgan fingerprint density at radius 2 is 1.92 bits per heavy atom. The third-order valence-corrected chi connectivity index (χ3v) is 5.79. The van der Waals surface area contributed by atoms with Gasteiger partial charge in [-0.25, -0.2) is 0 Å². The van der Waals surface area contributed by atoms with Gasteiger partial charge in [-0.3, -0.25) is 9.59 Å². The number of thioether (sulfide) groups is 1. The van der Waals surface area contributed by atoms with E-state index in [1.54, 1.807) is 6.92 Å². The van der Waals surface area contributed by atoms with Gasteiger partial charge in [0.1, 0.15) is 0 Å². The molecule has 2 unspecified atom stereocenters. The molecule has 2 atom stereocenters. The molecule has 2 aromatic rings. The maximum absolute atomic E-state index is 12.6. The molecule has 0 fully saturated rings. The van der Waals surface area contributed by atoms with Crippen molar-refractivity contribution < 1.29 is 9.59 Å². The van der Waals surface area contributed by atoms with E-state index in [1.165, 1.54) is 17.3 Å². The minimum Gasteiger partial charge on any atom is -0.326 e. The number of fused-ring (bicyclic) bond motifs is 1. The summed E-state index contributed by atoms with van der Waals surface area (Å²) >= 11 is 1.44. The number of hydrogen-bond acceptors (Lipinski definition) is 3. The lowest BCUT2D eigenvalue weighted by atomic mass is 10.0. The lowest BCUT2D eigenvalue weighted by molar-refractivity contribution is -0.123. The van der Waals surface area contributed by atoms with Crippen LogP contribution in [0.1, 0.15) is 18.1 Å². The van der Waals surface area contributed by atoms with E-state index >= 15 is 0 Å². The lowest BCUT2D eigenvalue weighted by Gasteiger charge is -2.27. The van der Waals surface area contributed by atoms with Gasteiger partial charge in [0, 0.05) is 10.6 Å². The van der Waals surface area contributed by atoms with Crippen LogP contribution in [0.15, 0.2) is 47.4 Å². The Kier molecular flexibility index (Phi) is 4.62. The van der Waals surface area contributed by atoms with E-state index < -0.39 is 11.2 Å². The standard InChI is InChI=1S/C19H20N2O2S/c1-11-8-9-14(10-12(11)2)20-18(22)13(3)17-19(23)21-15-6-4-5-7-16(15)24-17/h4-10,13,17H,1-3H3,(H,20,22)(H,21,23). The summed E-state index contributed by atoms with van der Waals surface area (Å²) in [5, 5.41) is 5.37. The zero-order valence-electron chi connectivity index (χ0n) is 13.9. The predicted molar refractivity (Wildman–Crippen MR) is 98.4 cm³/mol. The van der Waals surface area contributed by atoms with Crippen molar-refractivity contribution in [3.05, 3.63) is 53.6 Å². The van der Waals surface area contributed by atoms with Crippen LogP contribution in [0.4, 0.5) is 11.4 Å². The molecule has 0 radical (unpaired) electrons. The summed E-state index contributed by atoms with van der Waals surface area (Å²) in [7, 11) is 0. The van der Waals surface area contributed by atoms with E-state index in [9.17, 15) is 9.59 Å². The maximum Gasteiger partial charge on any atom is 0.238 e. The molecule has 2 N–H and O–H groups in total. The van der Waals surface area contributed by atoms with Crippen LogP contribution in [0, 0.1) is 19.8 Å². The second-order valence-corrected chi connectivity index (χ2v) is 7.28. The van der Waals surface area contributed by atoms with Crippen molar-refractivity contribution in [2.45, 2.75) is 30.9 Å². The van der Waals surface area contributed by atoms with Gasteiger partial charge in [0.05, 0.1) is 16.9 Å². The Balaban J connectivity index is 1.73. The minimum absolute atomic E-state index is 0.124. The third-order valence-electron chi connectivity index (χ3n) is 4.30. The number of para-hydroxylation sites is 1. The number of carbonyl (C=O) groups is 2. The number of rotatable bonds is 3. The van der Waals surface area contributed by atoms with Crippen LogP contribution in [-0.4, -0.2) is 17.1 Å². The number of hydrogen-bond donors (Lipinski definition) is 2. The molecule has 124 valence electrons. The molecule has 2 amide bonds. The van der Waals surface area contributed by atoms with Gasteiger partial charge in [-0.1, -0.05) is 25.1 Å². The van der Waals surface area contributed by atoms with Crippen molar-refractivity contribution in [3.8, 4) is 0 Å². The van der Waals surface area contributed by atoms with Gasteiger partial charge < -0.3 is 10.6 Å². The second-order valence-electron chi connectivity index (χ2n) is 6.10. The summed E-state index contributed by atoms with van der Waals surface area (Å²) < 4.78 is 0. The van der Waals surface area contributed by atoms with Gasteiger partial charge in [0.2, 0.25) is 11.8 Å². The van der Waals surface area contributed by atoms with E-state index in [0.717, 1.165) is 21.8 Å². The van der Waals surface area contributed by atoms with E-state index in [2.05, 4.69) is 10.6 Å². The van der Waals surface area contributed by atoms with Gasteiger partial charge in [-0.2, -0.15) is 0 Å². The first-order chi connectivity index (χ1) is 11.5. The average Bonchev–Trinajstić information content (AvgIpc) is 2.57. The zero-order valence-corrected chi connectivity index (χ0v) is 14.7. The van der Waals surface area contributed by atoms with Gasteiger partial charge in [0.15, 0.2) is 0 Å². The van der Waals surface area contributed by atoms with E-state index in [4.69, 9.17) is 0 Å². The van der Waals surface area contributed by atoms with Crippen molar-refractivity contribution in [1.29, 1.82) is 0 Å². The molecule has 4 nitrogen and oxygen atoms in total. The Bertz CT molecular complexity index is 804. The normalized spacial score (nSPS) is 17.6. The first-order valence-corrected chi connectivity index (χ1v) is 8.78. The Morgan fingerprint density at radius 3 is 2.67 bits per heavy atom. The highest BCUT2D eigenvalue weighted by Crippen LogP contribution is 2.38. The van der Waals surface area contributed by atoms with Crippen LogP contribution in [0.3, 0.4) is 0 Å². The van der Waals surface area contributed by atoms with Crippen molar-refractivity contribution in [1.82, 2.24) is 0 Å². The highest BCUT2D eigenvalue weighted by atomic mass is 32.2. The summed E-state index contributed by atoms with van der Waals surface area (Å²) in [6, 6.07) is 13.5. The molecule has 1 heterocycles. The maximum atomic E-state index is 12.6. The highest BCUT2D eigenvalue weighted by molar-refractivity contribution is 8.01. The van der Waals surface area contributed by atoms with Gasteiger partial charge in [0.25, 0.3) is 0 Å². The first-order valence-electron chi connectivity index (χ1n) is 7.90. The number of nitrogens with one attached hydrogen (secondary N) is 2. The van der Waals surface area contributed by atoms with Crippen molar-refractivity contribution in [3.63, 3.8) is 0 Å². The quantitative estimate of drug-likeness (QED) is 0.888. The van der Waals surface area contributed by atoms with Crippen LogP contribution >= 0.6 is 11.8 Å². The number of benzene rings is 2. The van der Waals surface area contributed by atoms with Crippen LogP contribution in [0.2, 0.25) is 0 Å². The molecule has 24 heavy (non-hydrogen) atoms. The Labute approximate surface area is 146 Å². The molecule has 0 saturated carbocycles. The van der Waals surface area contributed by atoms with E-state index in [0.29, 0.717) is 0 Å². The Morgan fingerprint density at radius 1 is 1.17 bits per heavy atom. The molecule has 0 saturated heterocycles. The fourth-order valence-electron chi connectivity index (χ4n) is 2.61. The molecule has 1 aliphatic rings. The molecular weight excluding hydrogens is 320 g/mol. The SMILES string of the molecule is Cc1ccc(NC(=O)C(C)C2Sc3ccccc3NC2=O)cc1C.